The van der Waals surface area contributed by atoms with E-state index in [-0.39, 0.29) is 30.3 Å². The van der Waals surface area contributed by atoms with Gasteiger partial charge in [-0.1, -0.05) is 18.5 Å². The number of carbonyl (C=O) groups is 2. The van der Waals surface area contributed by atoms with E-state index >= 15 is 0 Å². The molecule has 0 aliphatic carbocycles. The van der Waals surface area contributed by atoms with Crippen LogP contribution in [0.2, 0.25) is 5.02 Å². The molecule has 0 bridgehead atoms. The number of benzene rings is 1. The second-order valence-corrected chi connectivity index (χ2v) is 6.54. The third kappa shape index (κ3) is 4.71. The standard InChI is InChI=1S/C19H16ClF3N4O4/c1-3-13-25-14(18(29)30-4-2)17(31-13)26-16(28)12-9-24-27(15(12)19(21,22)23)11-7-5-10(20)6-8-11/h5-9H,3-4H2,1-2H3,(H,26,28). The van der Waals surface area contributed by atoms with E-state index in [1.165, 1.54) is 24.3 Å². The van der Waals surface area contributed by atoms with E-state index in [1.807, 2.05) is 0 Å². The van der Waals surface area contributed by atoms with Crippen molar-refractivity contribution < 1.29 is 31.9 Å². The van der Waals surface area contributed by atoms with Gasteiger partial charge in [-0.15, -0.1) is 0 Å². The number of aryl methyl sites for hydroxylation is 1. The predicted octanol–water partition coefficient (Wildman–Crippen LogP) is 4.52. The van der Waals surface area contributed by atoms with Gasteiger partial charge in [-0.05, 0) is 31.2 Å². The van der Waals surface area contributed by atoms with Crippen molar-refractivity contribution in [2.45, 2.75) is 26.4 Å². The number of nitrogens with zero attached hydrogens (tertiary/aromatic N) is 3. The van der Waals surface area contributed by atoms with Gasteiger partial charge in [-0.25, -0.2) is 14.5 Å². The summed E-state index contributed by atoms with van der Waals surface area (Å²) < 4.78 is 52.1. The first-order valence-electron chi connectivity index (χ1n) is 9.05. The normalized spacial score (nSPS) is 11.4. The summed E-state index contributed by atoms with van der Waals surface area (Å²) in [6.45, 7) is 3.29. The van der Waals surface area contributed by atoms with Crippen LogP contribution < -0.4 is 5.32 Å². The molecule has 0 aliphatic rings. The summed E-state index contributed by atoms with van der Waals surface area (Å²) in [6.07, 6.45) is -3.86. The number of aromatic nitrogens is 3. The molecule has 1 aromatic carbocycles. The lowest BCUT2D eigenvalue weighted by Crippen LogP contribution is -2.21. The maximum atomic E-state index is 13.8. The summed E-state index contributed by atoms with van der Waals surface area (Å²) in [4.78, 5) is 28.7. The minimum absolute atomic E-state index is 0.0343. The highest BCUT2D eigenvalue weighted by atomic mass is 35.5. The van der Waals surface area contributed by atoms with Crippen molar-refractivity contribution in [3.05, 3.63) is 58.3 Å². The first-order valence-corrected chi connectivity index (χ1v) is 9.42. The van der Waals surface area contributed by atoms with Crippen LogP contribution in [0.5, 0.6) is 0 Å². The van der Waals surface area contributed by atoms with E-state index in [0.29, 0.717) is 9.70 Å². The van der Waals surface area contributed by atoms with Crippen LogP contribution in [0.3, 0.4) is 0 Å². The number of amides is 1. The van der Waals surface area contributed by atoms with Gasteiger partial charge >= 0.3 is 12.1 Å². The van der Waals surface area contributed by atoms with Crippen molar-refractivity contribution in [1.82, 2.24) is 14.8 Å². The van der Waals surface area contributed by atoms with Crippen LogP contribution in [0.15, 0.2) is 34.9 Å². The highest BCUT2D eigenvalue weighted by Gasteiger charge is 2.41. The first-order chi connectivity index (χ1) is 14.7. The zero-order valence-corrected chi connectivity index (χ0v) is 17.0. The second-order valence-electron chi connectivity index (χ2n) is 6.11. The van der Waals surface area contributed by atoms with Crippen molar-refractivity contribution in [2.75, 3.05) is 11.9 Å². The molecule has 164 valence electrons. The summed E-state index contributed by atoms with van der Waals surface area (Å²) in [5, 5.41) is 6.20. The summed E-state index contributed by atoms with van der Waals surface area (Å²) in [7, 11) is 0. The first kappa shape index (κ1) is 22.3. The number of alkyl halides is 3. The van der Waals surface area contributed by atoms with Gasteiger partial charge in [0.15, 0.2) is 11.6 Å². The van der Waals surface area contributed by atoms with Crippen LogP contribution in [-0.2, 0) is 17.3 Å². The molecule has 3 rings (SSSR count). The number of rotatable bonds is 6. The Kier molecular flexibility index (Phi) is 6.34. The van der Waals surface area contributed by atoms with Crippen LogP contribution in [0, 0.1) is 0 Å². The SMILES string of the molecule is CCOC(=O)c1nc(CC)oc1NC(=O)c1cnn(-c2ccc(Cl)cc2)c1C(F)(F)F. The lowest BCUT2D eigenvalue weighted by atomic mass is 10.2. The Bertz CT molecular complexity index is 1110. The number of hydrogen-bond acceptors (Lipinski definition) is 6. The molecule has 0 saturated carbocycles. The largest absolute Gasteiger partial charge is 0.461 e. The molecule has 2 aromatic heterocycles. The molecule has 12 heteroatoms. The van der Waals surface area contributed by atoms with E-state index in [1.54, 1.807) is 13.8 Å². The quantitative estimate of drug-likeness (QED) is 0.547. The summed E-state index contributed by atoms with van der Waals surface area (Å²) >= 11 is 5.78. The third-order valence-corrected chi connectivity index (χ3v) is 4.28. The zero-order valence-electron chi connectivity index (χ0n) is 16.3. The highest BCUT2D eigenvalue weighted by Crippen LogP contribution is 2.34. The summed E-state index contributed by atoms with van der Waals surface area (Å²) in [6, 6.07) is 5.44. The van der Waals surface area contributed by atoms with Crippen molar-refractivity contribution >= 4 is 29.4 Å². The number of anilines is 1. The van der Waals surface area contributed by atoms with Gasteiger partial charge < -0.3 is 9.15 Å². The van der Waals surface area contributed by atoms with Crippen molar-refractivity contribution in [2.24, 2.45) is 0 Å². The van der Waals surface area contributed by atoms with Gasteiger partial charge in [0.25, 0.3) is 5.91 Å². The topological polar surface area (TPSA) is 99.2 Å². The fraction of sp³-hybridized carbons (Fsp3) is 0.263. The van der Waals surface area contributed by atoms with Crippen LogP contribution in [-0.4, -0.2) is 33.2 Å². The van der Waals surface area contributed by atoms with E-state index in [9.17, 15) is 22.8 Å². The Morgan fingerprint density at radius 3 is 2.48 bits per heavy atom. The van der Waals surface area contributed by atoms with Crippen LogP contribution >= 0.6 is 11.6 Å². The number of nitrogens with one attached hydrogen (secondary N) is 1. The number of oxazole rings is 1. The predicted molar refractivity (Wildman–Crippen MR) is 103 cm³/mol. The smallest absolute Gasteiger partial charge is 0.434 e. The molecule has 0 radical (unpaired) electrons. The number of ether oxygens (including phenoxy) is 1. The number of halogens is 4. The van der Waals surface area contributed by atoms with Crippen LogP contribution in [0.4, 0.5) is 19.1 Å². The minimum atomic E-state index is -4.91. The fourth-order valence-corrected chi connectivity index (χ4v) is 2.80. The van der Waals surface area contributed by atoms with E-state index in [0.717, 1.165) is 6.20 Å². The number of esters is 1. The molecule has 0 aliphatic heterocycles. The molecule has 1 N–H and O–H groups in total. The van der Waals surface area contributed by atoms with E-state index in [2.05, 4.69) is 15.4 Å². The molecule has 0 fully saturated rings. The fourth-order valence-electron chi connectivity index (χ4n) is 2.67. The molecule has 2 heterocycles. The molecule has 31 heavy (non-hydrogen) atoms. The molecule has 0 saturated heterocycles. The van der Waals surface area contributed by atoms with Gasteiger partial charge in [0.05, 0.1) is 24.1 Å². The Morgan fingerprint density at radius 2 is 1.90 bits per heavy atom. The van der Waals surface area contributed by atoms with E-state index in [4.69, 9.17) is 20.8 Å². The number of carbonyl (C=O) groups excluding carboxylic acids is 2. The monoisotopic (exact) mass is 456 g/mol. The lowest BCUT2D eigenvalue weighted by molar-refractivity contribution is -0.143. The molecule has 0 atom stereocenters. The average molecular weight is 457 g/mol. The van der Waals surface area contributed by atoms with E-state index < -0.39 is 35.2 Å². The van der Waals surface area contributed by atoms with Crippen LogP contribution in [0.1, 0.15) is 46.3 Å². The van der Waals surface area contributed by atoms with Crippen LogP contribution in [0.25, 0.3) is 5.69 Å². The molecule has 3 aromatic rings. The lowest BCUT2D eigenvalue weighted by Gasteiger charge is -2.12. The van der Waals surface area contributed by atoms with Crippen molar-refractivity contribution in [3.8, 4) is 5.69 Å². The Balaban J connectivity index is 2.01. The highest BCUT2D eigenvalue weighted by molar-refractivity contribution is 6.30. The summed E-state index contributed by atoms with van der Waals surface area (Å²) in [5.41, 5.74) is -2.37. The number of hydrogen-bond donors (Lipinski definition) is 1. The third-order valence-electron chi connectivity index (χ3n) is 4.02. The van der Waals surface area contributed by atoms with Gasteiger partial charge in [-0.3, -0.25) is 10.1 Å². The molecular formula is C19H16ClF3N4O4. The van der Waals surface area contributed by atoms with Gasteiger partial charge in [-0.2, -0.15) is 18.3 Å². The molecule has 0 spiro atoms. The van der Waals surface area contributed by atoms with Gasteiger partial charge in [0.1, 0.15) is 0 Å². The average Bonchev–Trinajstić information content (AvgIpc) is 3.33. The maximum absolute atomic E-state index is 13.8. The van der Waals surface area contributed by atoms with Crippen molar-refractivity contribution in [3.63, 3.8) is 0 Å². The molecule has 0 unspecified atom stereocenters. The molecular weight excluding hydrogens is 441 g/mol. The van der Waals surface area contributed by atoms with Gasteiger partial charge in [0, 0.05) is 11.4 Å². The molecule has 1 amide bonds. The maximum Gasteiger partial charge on any atom is 0.434 e. The molecule has 8 nitrogen and oxygen atoms in total. The van der Waals surface area contributed by atoms with Gasteiger partial charge in [0.2, 0.25) is 11.6 Å². The Labute approximate surface area is 179 Å². The Hall–Kier alpha value is -3.34. The second kappa shape index (κ2) is 8.80. The zero-order chi connectivity index (χ0) is 22.8. The minimum Gasteiger partial charge on any atom is -0.461 e. The van der Waals surface area contributed by atoms with Crippen molar-refractivity contribution in [1.29, 1.82) is 0 Å². The summed E-state index contributed by atoms with van der Waals surface area (Å²) in [5.74, 6) is -2.37. The Morgan fingerprint density at radius 1 is 1.23 bits per heavy atom.